The van der Waals surface area contributed by atoms with Crippen LogP contribution in [0.3, 0.4) is 0 Å². The minimum atomic E-state index is 0.0369. The van der Waals surface area contributed by atoms with Crippen molar-refractivity contribution < 1.29 is 4.79 Å². The van der Waals surface area contributed by atoms with E-state index < -0.39 is 0 Å². The number of nitrogens with one attached hydrogen (secondary N) is 1. The van der Waals surface area contributed by atoms with Crippen molar-refractivity contribution in [2.75, 3.05) is 11.9 Å². The van der Waals surface area contributed by atoms with Gasteiger partial charge >= 0.3 is 0 Å². The molecule has 0 radical (unpaired) electrons. The highest BCUT2D eigenvalue weighted by atomic mass is 16.2. The van der Waals surface area contributed by atoms with Gasteiger partial charge in [-0.25, -0.2) is 0 Å². The number of amides is 1. The van der Waals surface area contributed by atoms with E-state index in [1.54, 1.807) is 11.1 Å². The van der Waals surface area contributed by atoms with E-state index >= 15 is 0 Å². The predicted molar refractivity (Wildman–Crippen MR) is 115 cm³/mol. The van der Waals surface area contributed by atoms with Crippen LogP contribution in [0, 0.1) is 11.5 Å². The monoisotopic (exact) mass is 395 g/mol. The van der Waals surface area contributed by atoms with Crippen LogP contribution >= 0.6 is 0 Å². The highest BCUT2D eigenvalue weighted by Crippen LogP contribution is 2.41. The average molecular weight is 395 g/mol. The van der Waals surface area contributed by atoms with Crippen LogP contribution in [0.5, 0.6) is 0 Å². The molecule has 1 N–H and O–H groups in total. The smallest absolute Gasteiger partial charge is 0.254 e. The first-order valence-electron chi connectivity index (χ1n) is 10.0. The summed E-state index contributed by atoms with van der Waals surface area (Å²) in [5.41, 5.74) is 4.60. The number of aromatic nitrogens is 1. The van der Waals surface area contributed by atoms with Crippen molar-refractivity contribution in [1.29, 1.82) is 5.26 Å². The average Bonchev–Trinajstić information content (AvgIpc) is 3.42. The second-order valence-electron chi connectivity index (χ2n) is 7.75. The number of rotatable bonds is 4. The van der Waals surface area contributed by atoms with Crippen molar-refractivity contribution in [2.45, 2.75) is 25.0 Å². The molecule has 0 bridgehead atoms. The Labute approximate surface area is 175 Å². The van der Waals surface area contributed by atoms with Crippen LogP contribution in [0.15, 0.2) is 73.1 Å². The van der Waals surface area contributed by atoms with Gasteiger partial charge < -0.3 is 15.1 Å². The van der Waals surface area contributed by atoms with Crippen molar-refractivity contribution in [1.82, 2.24) is 14.8 Å². The van der Waals surface area contributed by atoms with Crippen molar-refractivity contribution in [3.05, 3.63) is 78.6 Å². The zero-order valence-electron chi connectivity index (χ0n) is 16.6. The molecule has 3 aromatic rings. The van der Waals surface area contributed by atoms with Gasteiger partial charge in [0.05, 0.1) is 24.7 Å². The summed E-state index contributed by atoms with van der Waals surface area (Å²) in [5, 5.41) is 12.6. The largest absolute Gasteiger partial charge is 0.355 e. The van der Waals surface area contributed by atoms with Crippen LogP contribution in [0.1, 0.15) is 17.3 Å². The highest BCUT2D eigenvalue weighted by molar-refractivity contribution is 5.97. The molecule has 1 aromatic heterocycles. The molecule has 0 aliphatic carbocycles. The number of hydrogen-bond acceptors (Lipinski definition) is 5. The lowest BCUT2D eigenvalue weighted by molar-refractivity contribution is 0.0832. The van der Waals surface area contributed by atoms with E-state index in [2.05, 4.69) is 16.5 Å². The molecule has 2 aliphatic rings. The number of benzene rings is 2. The Hall–Kier alpha value is -3.85. The summed E-state index contributed by atoms with van der Waals surface area (Å²) in [6.45, 7) is 2.64. The molecule has 2 aromatic carbocycles. The standard InChI is InChI=1S/C24H21N5O/c1-16-23-22(14-28(16)15-25)29(23)24(30)18-9-7-17(8-10-18)20-13-26-12-11-21(20)27-19-5-3-2-4-6-19/h2-13,16,22-23H,14H2,1H3,(H,26,27)/t16?,22?,23-,29?/m0/s1. The fraction of sp³-hybridized carbons (Fsp3) is 0.208. The van der Waals surface area contributed by atoms with Crippen LogP contribution in [0.25, 0.3) is 11.1 Å². The number of anilines is 2. The SMILES string of the molecule is CC1[C@H]2C(CN1C#N)N2C(=O)c1ccc(-c2cnccc2Nc2ccccc2)cc1. The maximum Gasteiger partial charge on any atom is 0.254 e. The molecule has 0 saturated carbocycles. The molecule has 2 unspecified atom stereocenters. The van der Waals surface area contributed by atoms with Crippen LogP contribution < -0.4 is 5.32 Å². The van der Waals surface area contributed by atoms with Gasteiger partial charge in [0.15, 0.2) is 6.19 Å². The molecule has 3 heterocycles. The van der Waals surface area contributed by atoms with Gasteiger partial charge in [-0.15, -0.1) is 0 Å². The number of fused-ring (bicyclic) bond motifs is 1. The van der Waals surface area contributed by atoms with Crippen molar-refractivity contribution in [2.24, 2.45) is 0 Å². The fourth-order valence-corrected chi connectivity index (χ4v) is 4.37. The Morgan fingerprint density at radius 2 is 1.90 bits per heavy atom. The lowest BCUT2D eigenvalue weighted by atomic mass is 10.0. The number of nitrogens with zero attached hydrogens (tertiary/aromatic N) is 4. The molecule has 3 atom stereocenters. The van der Waals surface area contributed by atoms with E-state index in [-0.39, 0.29) is 24.0 Å². The Kier molecular flexibility index (Phi) is 4.36. The van der Waals surface area contributed by atoms with E-state index in [1.165, 1.54) is 0 Å². The second kappa shape index (κ2) is 7.20. The molecule has 30 heavy (non-hydrogen) atoms. The van der Waals surface area contributed by atoms with Crippen LogP contribution in [-0.2, 0) is 0 Å². The Bertz CT molecular complexity index is 1120. The quantitative estimate of drug-likeness (QED) is 0.536. The van der Waals surface area contributed by atoms with Crippen LogP contribution in [0.4, 0.5) is 11.4 Å². The van der Waals surface area contributed by atoms with Gasteiger partial charge in [-0.2, -0.15) is 5.26 Å². The van der Waals surface area contributed by atoms with Gasteiger partial charge in [-0.3, -0.25) is 9.78 Å². The third-order valence-corrected chi connectivity index (χ3v) is 6.03. The molecule has 0 spiro atoms. The first-order chi connectivity index (χ1) is 14.7. The van der Waals surface area contributed by atoms with Gasteiger partial charge in [0, 0.05) is 34.9 Å². The van der Waals surface area contributed by atoms with Crippen LogP contribution in [-0.4, -0.2) is 45.4 Å². The normalized spacial score (nSPS) is 21.7. The molecule has 2 saturated heterocycles. The molecule has 6 heteroatoms. The van der Waals surface area contributed by atoms with E-state index in [9.17, 15) is 4.79 Å². The molecular formula is C24H21N5O. The van der Waals surface area contributed by atoms with E-state index in [0.29, 0.717) is 12.1 Å². The number of nitriles is 1. The third-order valence-electron chi connectivity index (χ3n) is 6.03. The number of likely N-dealkylation sites (tertiary alicyclic amines) is 1. The van der Waals surface area contributed by atoms with E-state index in [0.717, 1.165) is 22.5 Å². The summed E-state index contributed by atoms with van der Waals surface area (Å²) in [6, 6.07) is 20.0. The summed E-state index contributed by atoms with van der Waals surface area (Å²) in [6.07, 6.45) is 5.80. The fourth-order valence-electron chi connectivity index (χ4n) is 4.37. The molecule has 5 rings (SSSR count). The van der Waals surface area contributed by atoms with Gasteiger partial charge in [-0.1, -0.05) is 30.3 Å². The summed E-state index contributed by atoms with van der Waals surface area (Å²) in [4.78, 5) is 20.9. The van der Waals surface area contributed by atoms with Crippen LogP contribution in [0.2, 0.25) is 0 Å². The van der Waals surface area contributed by atoms with Crippen molar-refractivity contribution >= 4 is 17.3 Å². The summed E-state index contributed by atoms with van der Waals surface area (Å²) >= 11 is 0. The molecule has 2 fully saturated rings. The predicted octanol–water partition coefficient (Wildman–Crippen LogP) is 3.87. The van der Waals surface area contributed by atoms with E-state index in [1.807, 2.05) is 78.7 Å². The number of carbonyl (C=O) groups excluding carboxylic acids is 1. The number of para-hydroxylation sites is 1. The minimum absolute atomic E-state index is 0.0369. The number of piperazine rings is 1. The second-order valence-corrected chi connectivity index (χ2v) is 7.75. The van der Waals surface area contributed by atoms with E-state index in [4.69, 9.17) is 5.26 Å². The zero-order chi connectivity index (χ0) is 20.7. The van der Waals surface area contributed by atoms with Gasteiger partial charge in [0.2, 0.25) is 0 Å². The summed E-state index contributed by atoms with van der Waals surface area (Å²) < 4.78 is 0. The maximum absolute atomic E-state index is 12.9. The lowest BCUT2D eigenvalue weighted by Gasteiger charge is -2.21. The molecule has 6 nitrogen and oxygen atoms in total. The van der Waals surface area contributed by atoms with Gasteiger partial charge in [0.25, 0.3) is 5.91 Å². The highest BCUT2D eigenvalue weighted by Gasteiger charge is 2.60. The zero-order valence-corrected chi connectivity index (χ0v) is 16.6. The van der Waals surface area contributed by atoms with Gasteiger partial charge in [-0.05, 0) is 42.8 Å². The first-order valence-corrected chi connectivity index (χ1v) is 10.0. The number of carbonyl (C=O) groups is 1. The molecule has 1 amide bonds. The summed E-state index contributed by atoms with van der Waals surface area (Å²) in [5.74, 6) is 0.0369. The summed E-state index contributed by atoms with van der Waals surface area (Å²) in [7, 11) is 0. The van der Waals surface area contributed by atoms with Crippen molar-refractivity contribution in [3.63, 3.8) is 0 Å². The molecule has 2 aliphatic heterocycles. The van der Waals surface area contributed by atoms with Crippen molar-refractivity contribution in [3.8, 4) is 17.3 Å². The topological polar surface area (TPSA) is 72.0 Å². The Morgan fingerprint density at radius 1 is 1.13 bits per heavy atom. The van der Waals surface area contributed by atoms with Gasteiger partial charge in [0.1, 0.15) is 0 Å². The third kappa shape index (κ3) is 3.05. The maximum atomic E-state index is 12.9. The molecule has 148 valence electrons. The Morgan fingerprint density at radius 3 is 2.57 bits per heavy atom. The molecular weight excluding hydrogens is 374 g/mol. The lowest BCUT2D eigenvalue weighted by Crippen LogP contribution is -2.35. The number of hydrogen-bond donors (Lipinski definition) is 1. The number of pyridine rings is 1. The Balaban J connectivity index is 1.34. The minimum Gasteiger partial charge on any atom is -0.355 e. The first kappa shape index (κ1) is 18.2.